The number of benzene rings is 3. The van der Waals surface area contributed by atoms with Gasteiger partial charge in [-0.15, -0.1) is 0 Å². The second kappa shape index (κ2) is 11.5. The first-order chi connectivity index (χ1) is 20.5. The van der Waals surface area contributed by atoms with Gasteiger partial charge in [0, 0.05) is 42.1 Å². The molecule has 1 saturated heterocycles. The first-order valence-electron chi connectivity index (χ1n) is 14.5. The zero-order valence-corrected chi connectivity index (χ0v) is 25.6. The molecule has 0 radical (unpaired) electrons. The van der Waals surface area contributed by atoms with Gasteiger partial charge in [-0.05, 0) is 78.8 Å². The van der Waals surface area contributed by atoms with E-state index in [9.17, 15) is 13.2 Å². The third-order valence-corrected chi connectivity index (χ3v) is 9.96. The third-order valence-electron chi connectivity index (χ3n) is 8.72. The highest BCUT2D eigenvalue weighted by molar-refractivity contribution is 7.88. The number of ether oxygens (including phenoxy) is 4. The lowest BCUT2D eigenvalue weighted by atomic mass is 9.90. The molecule has 8 nitrogen and oxygen atoms in total. The van der Waals surface area contributed by atoms with Crippen molar-refractivity contribution in [2.24, 2.45) is 5.92 Å². The summed E-state index contributed by atoms with van der Waals surface area (Å²) in [6.07, 6.45) is 2.38. The number of carbonyl (C=O) groups is 1. The third kappa shape index (κ3) is 5.82. The molecule has 43 heavy (non-hydrogen) atoms. The van der Waals surface area contributed by atoms with Gasteiger partial charge in [0.1, 0.15) is 29.2 Å². The number of aryl methyl sites for hydroxylation is 2. The second-order valence-corrected chi connectivity index (χ2v) is 13.8. The maximum atomic E-state index is 15.3. The van der Waals surface area contributed by atoms with Gasteiger partial charge in [-0.1, -0.05) is 12.1 Å². The Morgan fingerprint density at radius 2 is 1.81 bits per heavy atom. The van der Waals surface area contributed by atoms with Gasteiger partial charge < -0.3 is 18.9 Å². The number of nitrogens with zero attached hydrogens (tertiary/aromatic N) is 1. The average Bonchev–Trinajstić information content (AvgIpc) is 3.52. The minimum absolute atomic E-state index is 0.0598. The molecule has 6 rings (SSSR count). The monoisotopic (exact) mass is 609 g/mol. The van der Waals surface area contributed by atoms with Crippen LogP contribution < -0.4 is 14.2 Å². The van der Waals surface area contributed by atoms with Crippen LogP contribution in [0.5, 0.6) is 17.2 Å². The molecule has 10 heteroatoms. The number of methoxy groups -OCH3 is 1. The zero-order chi connectivity index (χ0) is 30.5. The maximum Gasteiger partial charge on any atom is 0.306 e. The molecule has 0 saturated carbocycles. The summed E-state index contributed by atoms with van der Waals surface area (Å²) >= 11 is 0. The van der Waals surface area contributed by atoms with E-state index in [0.717, 1.165) is 39.1 Å². The van der Waals surface area contributed by atoms with Crippen molar-refractivity contribution in [2.45, 2.75) is 45.1 Å². The molecule has 0 aromatic heterocycles. The van der Waals surface area contributed by atoms with Gasteiger partial charge in [-0.2, -0.15) is 0 Å². The molecule has 1 unspecified atom stereocenters. The van der Waals surface area contributed by atoms with Crippen molar-refractivity contribution in [3.63, 3.8) is 0 Å². The van der Waals surface area contributed by atoms with E-state index in [4.69, 9.17) is 18.9 Å². The summed E-state index contributed by atoms with van der Waals surface area (Å²) in [5.41, 5.74) is 6.58. The van der Waals surface area contributed by atoms with Crippen LogP contribution in [-0.2, 0) is 26.0 Å². The molecule has 2 aliphatic heterocycles. The van der Waals surface area contributed by atoms with E-state index in [1.54, 1.807) is 0 Å². The fraction of sp³-hybridized carbons (Fsp3) is 0.424. The minimum Gasteiger partial charge on any atom is -0.493 e. The molecule has 1 fully saturated rings. The Morgan fingerprint density at radius 1 is 1.07 bits per heavy atom. The molecule has 3 aliphatic rings. The Labute approximate surface area is 251 Å². The molecule has 2 atom stereocenters. The smallest absolute Gasteiger partial charge is 0.306 e. The highest BCUT2D eigenvalue weighted by Gasteiger charge is 2.34. The lowest BCUT2D eigenvalue weighted by Crippen LogP contribution is -2.51. The van der Waals surface area contributed by atoms with Crippen LogP contribution in [0.25, 0.3) is 11.1 Å². The largest absolute Gasteiger partial charge is 0.493 e. The van der Waals surface area contributed by atoms with Crippen LogP contribution in [0.2, 0.25) is 0 Å². The van der Waals surface area contributed by atoms with E-state index < -0.39 is 16.1 Å². The van der Waals surface area contributed by atoms with Crippen LogP contribution in [0.1, 0.15) is 52.7 Å². The minimum atomic E-state index is -3.15. The number of halogens is 1. The van der Waals surface area contributed by atoms with Gasteiger partial charge in [-0.25, -0.2) is 17.1 Å². The summed E-state index contributed by atoms with van der Waals surface area (Å²) in [7, 11) is -1.77. The summed E-state index contributed by atoms with van der Waals surface area (Å²) < 4.78 is 63.1. The maximum absolute atomic E-state index is 15.3. The number of rotatable bonds is 9. The molecular formula is C33H36FNO7S. The Balaban J connectivity index is 1.18. The van der Waals surface area contributed by atoms with Gasteiger partial charge in [0.2, 0.25) is 10.0 Å². The van der Waals surface area contributed by atoms with Gasteiger partial charge in [0.25, 0.3) is 0 Å². The van der Waals surface area contributed by atoms with Crippen LogP contribution in [0.15, 0.2) is 42.5 Å². The zero-order valence-electron chi connectivity index (χ0n) is 24.8. The molecule has 3 aromatic rings. The fourth-order valence-corrected chi connectivity index (χ4v) is 7.48. The van der Waals surface area contributed by atoms with Gasteiger partial charge in [-0.3, -0.25) is 4.79 Å². The van der Waals surface area contributed by atoms with E-state index in [1.165, 1.54) is 23.7 Å². The molecule has 1 aliphatic carbocycles. The Morgan fingerprint density at radius 3 is 2.51 bits per heavy atom. The predicted octanol–water partition coefficient (Wildman–Crippen LogP) is 5.49. The van der Waals surface area contributed by atoms with E-state index in [1.807, 2.05) is 50.2 Å². The van der Waals surface area contributed by atoms with Gasteiger partial charge in [0.05, 0.1) is 33.0 Å². The highest BCUT2D eigenvalue weighted by Crippen LogP contribution is 2.45. The van der Waals surface area contributed by atoms with Crippen LogP contribution in [0.3, 0.4) is 0 Å². The normalized spacial score (nSPS) is 19.7. The van der Waals surface area contributed by atoms with Crippen molar-refractivity contribution in [3.8, 4) is 28.4 Å². The summed E-state index contributed by atoms with van der Waals surface area (Å²) in [6.45, 7) is 5.88. The second-order valence-electron chi connectivity index (χ2n) is 11.8. The molecule has 0 spiro atoms. The molecule has 0 bridgehead atoms. The molecular weight excluding hydrogens is 573 g/mol. The van der Waals surface area contributed by atoms with Crippen molar-refractivity contribution in [2.75, 3.05) is 39.7 Å². The quantitative estimate of drug-likeness (QED) is 0.297. The van der Waals surface area contributed by atoms with Gasteiger partial charge in [0.15, 0.2) is 0 Å². The van der Waals surface area contributed by atoms with Crippen LogP contribution in [0, 0.1) is 25.6 Å². The number of sulfonamides is 1. The van der Waals surface area contributed by atoms with Crippen molar-refractivity contribution >= 4 is 16.0 Å². The summed E-state index contributed by atoms with van der Waals surface area (Å²) in [5.74, 6) is 1.57. The molecule has 0 amide bonds. The topological polar surface area (TPSA) is 91.4 Å². The Hall–Kier alpha value is -3.63. The fourth-order valence-electron chi connectivity index (χ4n) is 6.52. The molecule has 3 aromatic carbocycles. The first-order valence-corrected chi connectivity index (χ1v) is 16.4. The van der Waals surface area contributed by atoms with E-state index in [-0.39, 0.29) is 30.0 Å². The SMILES string of the molecule is COC(=O)C[C@@H]1COc2cc(OC3CCc4c(-c5c(C)cc(OCC6CN(S(C)(=O)=O)C6)cc5C)ccc(F)c43)ccc21. The van der Waals surface area contributed by atoms with Crippen LogP contribution >= 0.6 is 0 Å². The number of fused-ring (bicyclic) bond motifs is 2. The number of carbonyl (C=O) groups excluding carboxylic acids is 1. The summed E-state index contributed by atoms with van der Waals surface area (Å²) in [4.78, 5) is 11.8. The van der Waals surface area contributed by atoms with Crippen LogP contribution in [0.4, 0.5) is 4.39 Å². The first kappa shape index (κ1) is 29.4. The van der Waals surface area contributed by atoms with E-state index >= 15 is 4.39 Å². The Bertz CT molecular complexity index is 1660. The lowest BCUT2D eigenvalue weighted by Gasteiger charge is -2.36. The predicted molar refractivity (Wildman–Crippen MR) is 160 cm³/mol. The van der Waals surface area contributed by atoms with Crippen LogP contribution in [-0.4, -0.2) is 58.4 Å². The van der Waals surface area contributed by atoms with Crippen molar-refractivity contribution in [1.82, 2.24) is 4.31 Å². The molecule has 2 heterocycles. The average molecular weight is 610 g/mol. The summed E-state index contributed by atoms with van der Waals surface area (Å²) in [6, 6.07) is 12.9. The number of esters is 1. The number of hydrogen-bond donors (Lipinski definition) is 0. The summed E-state index contributed by atoms with van der Waals surface area (Å²) in [5, 5.41) is 0. The standard InChI is InChI=1S/C33H36FNO7S/c1-19-11-24(40-17-21-15-35(16-21)43(4,37)38)12-20(2)32(19)26-7-9-28(34)33-27(26)8-10-29(33)42-23-5-6-25-22(13-31(36)39-3)18-41-30(25)14-23/h5-7,9,11-12,14,21-22,29H,8,10,13,15-18H2,1-4H3/t22-,29?/m1/s1. The Kier molecular flexibility index (Phi) is 7.85. The van der Waals surface area contributed by atoms with Crippen molar-refractivity contribution in [3.05, 3.63) is 76.1 Å². The van der Waals surface area contributed by atoms with Crippen molar-refractivity contribution < 1.29 is 36.6 Å². The number of hydrogen-bond acceptors (Lipinski definition) is 7. The molecule has 0 N–H and O–H groups in total. The van der Waals surface area contributed by atoms with Crippen molar-refractivity contribution in [1.29, 1.82) is 0 Å². The highest BCUT2D eigenvalue weighted by atomic mass is 32.2. The van der Waals surface area contributed by atoms with Gasteiger partial charge >= 0.3 is 5.97 Å². The van der Waals surface area contributed by atoms with E-state index in [2.05, 4.69) is 0 Å². The van der Waals surface area contributed by atoms with E-state index in [0.29, 0.717) is 56.2 Å². The molecule has 228 valence electrons. The lowest BCUT2D eigenvalue weighted by molar-refractivity contribution is -0.141.